The van der Waals surface area contributed by atoms with Gasteiger partial charge >= 0.3 is 0 Å². The van der Waals surface area contributed by atoms with Gasteiger partial charge in [-0.2, -0.15) is 0 Å². The van der Waals surface area contributed by atoms with Gasteiger partial charge in [0.2, 0.25) is 0 Å². The molecule has 8 aromatic heterocycles. The Morgan fingerprint density at radius 1 is 0.161 bits per heavy atom. The molecule has 8 nitrogen and oxygen atoms in total. The van der Waals surface area contributed by atoms with Gasteiger partial charge in [0.1, 0.15) is 0 Å². The van der Waals surface area contributed by atoms with E-state index < -0.39 is 0 Å². The van der Waals surface area contributed by atoms with Crippen molar-refractivity contribution >= 4 is 131 Å². The van der Waals surface area contributed by atoms with E-state index in [2.05, 4.69) is 431 Å². The molecule has 0 N–H and O–H groups in total. The molecule has 0 fully saturated rings. The fraction of sp³-hybridized carbons (Fsp3) is 0.0364. The lowest BCUT2D eigenvalue weighted by atomic mass is 9.95. The Morgan fingerprint density at radius 2 is 0.339 bits per heavy atom. The molecule has 8 heteroatoms. The summed E-state index contributed by atoms with van der Waals surface area (Å²) in [6.07, 6.45) is 3.74. The van der Waals surface area contributed by atoms with Gasteiger partial charge in [-0.3, -0.25) is 9.97 Å². The maximum Gasteiger partial charge on any atom is 0.0963 e. The maximum atomic E-state index is 4.70. The number of fused-ring (bicyclic) bond motifs is 18. The minimum atomic E-state index is 1.03. The summed E-state index contributed by atoms with van der Waals surface area (Å²) in [5, 5.41) is 12.6. The molecular weight excluding hydrogens is 1430 g/mol. The molecule has 8 heterocycles. The molecule has 0 spiro atoms. The highest BCUT2D eigenvalue weighted by atomic mass is 15.0. The molecule has 118 heavy (non-hydrogen) atoms. The summed E-state index contributed by atoms with van der Waals surface area (Å²) < 4.78 is 14.1. The number of pyridine rings is 2. The first-order valence-electron chi connectivity index (χ1n) is 40.5. The topological polar surface area (TPSA) is 55.4 Å². The molecule has 0 unspecified atom stereocenters. The molecule has 558 valence electrons. The highest BCUT2D eigenvalue weighted by molar-refractivity contribution is 6.14. The molecule has 0 atom stereocenters. The van der Waals surface area contributed by atoms with Gasteiger partial charge in [-0.1, -0.05) is 231 Å². The zero-order valence-electron chi connectivity index (χ0n) is 65.7. The second kappa shape index (κ2) is 28.3. The fourth-order valence-electron chi connectivity index (χ4n) is 18.9. The van der Waals surface area contributed by atoms with Crippen LogP contribution in [0, 0.1) is 27.7 Å². The van der Waals surface area contributed by atoms with Crippen LogP contribution in [0.25, 0.3) is 199 Å². The van der Waals surface area contributed by atoms with Crippen molar-refractivity contribution in [3.8, 4) is 67.5 Å². The van der Waals surface area contributed by atoms with Gasteiger partial charge in [0.25, 0.3) is 0 Å². The molecular formula is C110H78N8. The van der Waals surface area contributed by atoms with E-state index >= 15 is 0 Å². The SMILES string of the molecule is Cc1cc(-n2c3ccccc3c3ccccc32)ccc1-c1ccc(-n2c3ccccc3c3ccccc32)cc1C.Cc1cc(-n2c3ccccc3c3ncccc32)ccc1-c1ccc(-n2c3ccccc3c3ncccc32)cc1C.c1ccc2c(c1)c1ccccc1n2-c1ccc(-c2ccc(-n3c4ccccc4c4ccccc43)cc2)cc1. The lowest BCUT2D eigenvalue weighted by Gasteiger charge is -2.15. The summed E-state index contributed by atoms with van der Waals surface area (Å²) in [4.78, 5) is 9.39. The van der Waals surface area contributed by atoms with E-state index in [1.165, 1.54) is 187 Å². The lowest BCUT2D eigenvalue weighted by molar-refractivity contribution is 1.16. The number of hydrogen-bond donors (Lipinski definition) is 0. The van der Waals surface area contributed by atoms with Crippen molar-refractivity contribution in [1.82, 2.24) is 37.4 Å². The molecule has 0 aliphatic rings. The van der Waals surface area contributed by atoms with Crippen molar-refractivity contribution in [3.05, 3.63) is 423 Å². The summed E-state index contributed by atoms with van der Waals surface area (Å²) in [6.45, 7) is 8.87. The lowest BCUT2D eigenvalue weighted by Crippen LogP contribution is -1.98. The summed E-state index contributed by atoms with van der Waals surface area (Å²) in [5.41, 5.74) is 36.0. The van der Waals surface area contributed by atoms with Gasteiger partial charge < -0.3 is 27.4 Å². The summed E-state index contributed by atoms with van der Waals surface area (Å²) in [6, 6.07) is 140. The zero-order valence-corrected chi connectivity index (χ0v) is 65.7. The molecule has 24 rings (SSSR count). The van der Waals surface area contributed by atoms with Crippen LogP contribution in [0.4, 0.5) is 0 Å². The number of aromatic nitrogens is 8. The van der Waals surface area contributed by atoms with E-state index in [0.717, 1.165) is 33.4 Å². The summed E-state index contributed by atoms with van der Waals surface area (Å²) in [7, 11) is 0. The molecule has 24 aromatic rings. The predicted molar refractivity (Wildman–Crippen MR) is 496 cm³/mol. The van der Waals surface area contributed by atoms with Gasteiger partial charge in [0, 0.05) is 100 Å². The van der Waals surface area contributed by atoms with Crippen LogP contribution in [0.2, 0.25) is 0 Å². The van der Waals surface area contributed by atoms with Crippen LogP contribution in [0.5, 0.6) is 0 Å². The van der Waals surface area contributed by atoms with Crippen LogP contribution < -0.4 is 0 Å². The standard InChI is InChI=1S/C38H28N2.C36H26N4.C36H24N2/c1-25-23-27(39-35-15-7-3-11-31(35)32-12-4-8-16-36(32)39)19-21-29(25)30-22-20-28(24-26(30)2)40-37-17-9-5-13-33(37)34-14-6-10-18-38(34)40;1-23-21-25(39-31-11-5-3-9-29(31)35-33(39)13-7-19-37-35)15-17-27(23)28-18-16-26(22-24(28)2)40-32-12-6-4-10-30(32)36-34(40)14-8-20-38-36;1-5-13-33-29(9-1)30-10-2-6-14-34(30)37(33)27-21-17-25(18-22-27)26-19-23-28(24-20-26)38-35-15-7-3-11-31(35)32-12-4-8-16-36(32)38/h3-24H,1-2H3;3-22H,1-2H3;1-24H. The predicted octanol–water partition coefficient (Wildman–Crippen LogP) is 28.7. The van der Waals surface area contributed by atoms with E-state index in [1.54, 1.807) is 0 Å². The van der Waals surface area contributed by atoms with Crippen LogP contribution in [-0.4, -0.2) is 37.4 Å². The number of nitrogens with zero attached hydrogens (tertiary/aromatic N) is 8. The first kappa shape index (κ1) is 69.3. The van der Waals surface area contributed by atoms with Crippen LogP contribution in [0.3, 0.4) is 0 Å². The largest absolute Gasteiger partial charge is 0.309 e. The minimum Gasteiger partial charge on any atom is -0.309 e. The van der Waals surface area contributed by atoms with Crippen molar-refractivity contribution in [2.24, 2.45) is 0 Å². The van der Waals surface area contributed by atoms with Crippen LogP contribution in [-0.2, 0) is 0 Å². The van der Waals surface area contributed by atoms with Crippen molar-refractivity contribution < 1.29 is 0 Å². The van der Waals surface area contributed by atoms with E-state index in [1.807, 2.05) is 24.5 Å². The zero-order chi connectivity index (χ0) is 78.6. The monoisotopic (exact) mass is 1510 g/mol. The second-order valence-electron chi connectivity index (χ2n) is 31.0. The van der Waals surface area contributed by atoms with Crippen LogP contribution in [0.1, 0.15) is 22.3 Å². The maximum absolute atomic E-state index is 4.70. The molecule has 0 bridgehead atoms. The van der Waals surface area contributed by atoms with Crippen molar-refractivity contribution in [2.45, 2.75) is 27.7 Å². The fourth-order valence-corrected chi connectivity index (χ4v) is 18.9. The Bertz CT molecular complexity index is 6990. The van der Waals surface area contributed by atoms with Crippen LogP contribution in [0.15, 0.2) is 401 Å². The Kier molecular flexibility index (Phi) is 16.6. The molecule has 0 radical (unpaired) electrons. The average Bonchev–Trinajstić information content (AvgIpc) is 1.63. The summed E-state index contributed by atoms with van der Waals surface area (Å²) >= 11 is 0. The molecule has 0 saturated heterocycles. The minimum absolute atomic E-state index is 1.03. The smallest absolute Gasteiger partial charge is 0.0963 e. The van der Waals surface area contributed by atoms with Crippen molar-refractivity contribution in [1.29, 1.82) is 0 Å². The molecule has 0 aliphatic heterocycles. The Morgan fingerprint density at radius 3 is 0.568 bits per heavy atom. The third-order valence-electron chi connectivity index (χ3n) is 24.2. The highest BCUT2D eigenvalue weighted by Crippen LogP contribution is 2.42. The molecule has 0 amide bonds. The quantitative estimate of drug-likeness (QED) is 0.145. The third-order valence-corrected chi connectivity index (χ3v) is 24.2. The van der Waals surface area contributed by atoms with Gasteiger partial charge in [-0.15, -0.1) is 0 Å². The molecule has 16 aromatic carbocycles. The number of para-hydroxylation sites is 10. The van der Waals surface area contributed by atoms with Gasteiger partial charge in [0.15, 0.2) is 0 Å². The highest BCUT2D eigenvalue weighted by Gasteiger charge is 2.22. The summed E-state index contributed by atoms with van der Waals surface area (Å²) in [5.74, 6) is 0. The van der Waals surface area contributed by atoms with Gasteiger partial charge in [0.05, 0.1) is 77.2 Å². The first-order chi connectivity index (χ1) is 58.2. The Balaban J connectivity index is 0.000000107. The van der Waals surface area contributed by atoms with Gasteiger partial charge in [-0.05, 0) is 241 Å². The van der Waals surface area contributed by atoms with Crippen LogP contribution >= 0.6 is 0 Å². The third kappa shape index (κ3) is 11.3. The number of rotatable bonds is 9. The average molecular weight is 1510 g/mol. The van der Waals surface area contributed by atoms with Gasteiger partial charge in [-0.25, -0.2) is 0 Å². The normalized spacial score (nSPS) is 11.7. The molecule has 0 saturated carbocycles. The van der Waals surface area contributed by atoms with E-state index in [0.29, 0.717) is 0 Å². The molecule has 0 aliphatic carbocycles. The van der Waals surface area contributed by atoms with E-state index in [9.17, 15) is 0 Å². The number of aryl methyl sites for hydroxylation is 4. The van der Waals surface area contributed by atoms with E-state index in [-0.39, 0.29) is 0 Å². The first-order valence-corrected chi connectivity index (χ1v) is 40.5. The van der Waals surface area contributed by atoms with Crippen molar-refractivity contribution in [2.75, 3.05) is 0 Å². The second-order valence-corrected chi connectivity index (χ2v) is 31.0. The van der Waals surface area contributed by atoms with E-state index in [4.69, 9.17) is 9.97 Å². The van der Waals surface area contributed by atoms with Crippen molar-refractivity contribution in [3.63, 3.8) is 0 Å². The Hall–Kier alpha value is -15.4. The Labute approximate surface area is 682 Å². The number of hydrogen-bond acceptors (Lipinski definition) is 2. The number of benzene rings is 16.